The first kappa shape index (κ1) is 19.3. The number of nitrogens with one attached hydrogen (secondary N) is 3. The van der Waals surface area contributed by atoms with Crippen molar-refractivity contribution < 1.29 is 4.79 Å². The monoisotopic (exact) mass is 387 g/mol. The molecule has 0 saturated heterocycles. The Labute approximate surface area is 163 Å². The number of thiocarbonyl (C=S) groups is 1. The number of amides is 1. The van der Waals surface area contributed by atoms with Gasteiger partial charge in [-0.2, -0.15) is 5.10 Å². The highest BCUT2D eigenvalue weighted by atomic mass is 32.1. The van der Waals surface area contributed by atoms with Gasteiger partial charge in [0.15, 0.2) is 10.8 Å². The fraction of sp³-hybridized carbons (Fsp3) is 0.474. The molecule has 144 valence electrons. The van der Waals surface area contributed by atoms with Crippen LogP contribution in [0.4, 0.5) is 0 Å². The predicted molar refractivity (Wildman–Crippen MR) is 109 cm³/mol. The van der Waals surface area contributed by atoms with E-state index in [-0.39, 0.29) is 11.3 Å². The van der Waals surface area contributed by atoms with Gasteiger partial charge in [-0.05, 0) is 36.5 Å². The smallest absolute Gasteiger partial charge is 0.290 e. The largest absolute Gasteiger partial charge is 0.358 e. The van der Waals surface area contributed by atoms with Crippen LogP contribution in [0.3, 0.4) is 0 Å². The lowest BCUT2D eigenvalue weighted by atomic mass is 9.78. The highest BCUT2D eigenvalue weighted by Crippen LogP contribution is 2.29. The Morgan fingerprint density at radius 3 is 2.63 bits per heavy atom. The zero-order chi connectivity index (χ0) is 19.6. The van der Waals surface area contributed by atoms with Gasteiger partial charge in [0.25, 0.3) is 11.5 Å². The number of benzene rings is 1. The molecule has 3 rings (SSSR count). The Hall–Kier alpha value is -2.48. The van der Waals surface area contributed by atoms with Crippen LogP contribution in [0, 0.1) is 11.8 Å². The molecule has 1 aliphatic carbocycles. The van der Waals surface area contributed by atoms with Gasteiger partial charge in [0.05, 0.1) is 5.39 Å². The first-order valence-electron chi connectivity index (χ1n) is 9.21. The molecule has 3 N–H and O–H groups in total. The van der Waals surface area contributed by atoms with Gasteiger partial charge in [0.1, 0.15) is 0 Å². The average molecular weight is 388 g/mol. The number of fused-ring (bicyclic) bond motifs is 1. The molecule has 1 saturated carbocycles. The lowest BCUT2D eigenvalue weighted by Gasteiger charge is -2.35. The Morgan fingerprint density at radius 1 is 1.19 bits per heavy atom. The molecule has 0 aliphatic heterocycles. The van der Waals surface area contributed by atoms with Gasteiger partial charge in [-0.25, -0.2) is 4.68 Å². The molecule has 1 heterocycles. The maximum absolute atomic E-state index is 12.6. The third-order valence-electron chi connectivity index (χ3n) is 5.48. The van der Waals surface area contributed by atoms with Gasteiger partial charge < -0.3 is 5.32 Å². The minimum absolute atomic E-state index is 0.169. The molecular weight excluding hydrogens is 362 g/mol. The van der Waals surface area contributed by atoms with E-state index in [0.717, 1.165) is 6.42 Å². The van der Waals surface area contributed by atoms with Crippen LogP contribution in [0.25, 0.3) is 10.8 Å². The molecule has 0 bridgehead atoms. The van der Waals surface area contributed by atoms with Crippen molar-refractivity contribution in [1.82, 2.24) is 25.9 Å². The highest BCUT2D eigenvalue weighted by Gasteiger charge is 2.27. The summed E-state index contributed by atoms with van der Waals surface area (Å²) in [5.41, 5.74) is 5.26. The van der Waals surface area contributed by atoms with Crippen molar-refractivity contribution in [1.29, 1.82) is 0 Å². The second-order valence-electron chi connectivity index (χ2n) is 7.25. The predicted octanol–water partition coefficient (Wildman–Crippen LogP) is 1.87. The zero-order valence-electron chi connectivity index (χ0n) is 15.8. The van der Waals surface area contributed by atoms with Gasteiger partial charge in [-0.3, -0.25) is 20.4 Å². The summed E-state index contributed by atoms with van der Waals surface area (Å²) in [5, 5.41) is 8.73. The maximum Gasteiger partial charge on any atom is 0.290 e. The topological polar surface area (TPSA) is 88.0 Å². The van der Waals surface area contributed by atoms with E-state index in [1.54, 1.807) is 24.3 Å². The van der Waals surface area contributed by atoms with Gasteiger partial charge in [-0.1, -0.05) is 44.9 Å². The van der Waals surface area contributed by atoms with Crippen LogP contribution in [-0.4, -0.2) is 26.8 Å². The molecule has 1 aliphatic rings. The van der Waals surface area contributed by atoms with E-state index in [9.17, 15) is 9.59 Å². The van der Waals surface area contributed by atoms with Gasteiger partial charge in [0, 0.05) is 18.5 Å². The molecule has 0 unspecified atom stereocenters. The summed E-state index contributed by atoms with van der Waals surface area (Å²) < 4.78 is 1.17. The molecule has 1 aromatic heterocycles. The normalized spacial score (nSPS) is 22.3. The van der Waals surface area contributed by atoms with Crippen LogP contribution < -0.4 is 21.7 Å². The summed E-state index contributed by atoms with van der Waals surface area (Å²) in [6.45, 7) is 4.48. The zero-order valence-corrected chi connectivity index (χ0v) is 16.6. The Bertz CT molecular complexity index is 926. The van der Waals surface area contributed by atoms with Gasteiger partial charge >= 0.3 is 0 Å². The molecular formula is C19H25N5O2S. The fourth-order valence-electron chi connectivity index (χ4n) is 3.63. The van der Waals surface area contributed by atoms with Crippen molar-refractivity contribution in [3.63, 3.8) is 0 Å². The number of carbonyl (C=O) groups excluding carboxylic acids is 1. The summed E-state index contributed by atoms with van der Waals surface area (Å²) in [5.74, 6) is 0.717. The van der Waals surface area contributed by atoms with Gasteiger partial charge in [-0.15, -0.1) is 0 Å². The van der Waals surface area contributed by atoms with E-state index in [1.165, 1.54) is 24.6 Å². The van der Waals surface area contributed by atoms with Crippen molar-refractivity contribution in [2.45, 2.75) is 39.2 Å². The summed E-state index contributed by atoms with van der Waals surface area (Å²) >= 11 is 5.32. The average Bonchev–Trinajstić information content (AvgIpc) is 2.66. The second kappa shape index (κ2) is 8.04. The minimum atomic E-state index is -0.448. The third kappa shape index (κ3) is 4.10. The lowest BCUT2D eigenvalue weighted by molar-refractivity contribution is 0.0938. The van der Waals surface area contributed by atoms with Crippen LogP contribution in [-0.2, 0) is 7.05 Å². The molecule has 0 spiro atoms. The lowest BCUT2D eigenvalue weighted by Crippen LogP contribution is -2.52. The van der Waals surface area contributed by atoms with Crippen molar-refractivity contribution in [3.05, 3.63) is 40.3 Å². The van der Waals surface area contributed by atoms with Gasteiger partial charge in [0.2, 0.25) is 0 Å². The summed E-state index contributed by atoms with van der Waals surface area (Å²) in [6.07, 6.45) is 3.47. The minimum Gasteiger partial charge on any atom is -0.358 e. The number of hydrazine groups is 1. The number of aromatic nitrogens is 2. The standard InChI is InChI=1S/C19H25N5O2S/c1-11-7-6-10-15(12(11)2)20-19(27)22-21-17(25)16-13-8-4-5-9-14(13)18(26)24(3)23-16/h4-5,8-9,11-12,15H,6-7,10H2,1-3H3,(H,21,25)(H2,20,22,27)/t11-,12-,15-/m1/s1. The summed E-state index contributed by atoms with van der Waals surface area (Å²) in [6, 6.07) is 7.21. The molecule has 1 fully saturated rings. The number of aryl methyl sites for hydroxylation is 1. The summed E-state index contributed by atoms with van der Waals surface area (Å²) in [7, 11) is 1.52. The molecule has 2 aromatic rings. The molecule has 0 radical (unpaired) electrons. The maximum atomic E-state index is 12.6. The molecule has 7 nitrogen and oxygen atoms in total. The van der Waals surface area contributed by atoms with E-state index in [1.807, 2.05) is 0 Å². The van der Waals surface area contributed by atoms with Crippen molar-refractivity contribution in [3.8, 4) is 0 Å². The first-order chi connectivity index (χ1) is 12.9. The van der Waals surface area contributed by atoms with E-state index >= 15 is 0 Å². The van der Waals surface area contributed by atoms with E-state index < -0.39 is 5.91 Å². The van der Waals surface area contributed by atoms with Crippen LogP contribution >= 0.6 is 12.2 Å². The number of rotatable bonds is 2. The number of hydrogen-bond acceptors (Lipinski definition) is 4. The molecule has 27 heavy (non-hydrogen) atoms. The van der Waals surface area contributed by atoms with Crippen LogP contribution in [0.2, 0.25) is 0 Å². The first-order valence-corrected chi connectivity index (χ1v) is 9.62. The SMILES string of the molecule is C[C@@H]1[C@H](C)CCC[C@H]1NC(=S)NNC(=O)c1nn(C)c(=O)c2ccccc12. The Morgan fingerprint density at radius 2 is 1.89 bits per heavy atom. The summed E-state index contributed by atoms with van der Waals surface area (Å²) in [4.78, 5) is 24.8. The molecule has 3 atom stereocenters. The van der Waals surface area contributed by atoms with E-state index in [4.69, 9.17) is 12.2 Å². The van der Waals surface area contributed by atoms with Crippen molar-refractivity contribution in [2.24, 2.45) is 18.9 Å². The second-order valence-corrected chi connectivity index (χ2v) is 7.66. The number of nitrogens with zero attached hydrogens (tertiary/aromatic N) is 2. The molecule has 8 heteroatoms. The number of carbonyl (C=O) groups is 1. The molecule has 1 amide bonds. The molecule has 1 aromatic carbocycles. The van der Waals surface area contributed by atoms with Crippen LogP contribution in [0.15, 0.2) is 29.1 Å². The fourth-order valence-corrected chi connectivity index (χ4v) is 3.83. The Balaban J connectivity index is 1.68. The third-order valence-corrected chi connectivity index (χ3v) is 5.70. The van der Waals surface area contributed by atoms with Crippen molar-refractivity contribution >= 4 is 34.0 Å². The number of hydrogen-bond donors (Lipinski definition) is 3. The van der Waals surface area contributed by atoms with Crippen molar-refractivity contribution in [2.75, 3.05) is 0 Å². The van der Waals surface area contributed by atoms with E-state index in [0.29, 0.717) is 33.8 Å². The Kier molecular flexibility index (Phi) is 5.74. The van der Waals surface area contributed by atoms with Crippen LogP contribution in [0.5, 0.6) is 0 Å². The highest BCUT2D eigenvalue weighted by molar-refractivity contribution is 7.80. The quantitative estimate of drug-likeness (QED) is 0.539. The van der Waals surface area contributed by atoms with Crippen LogP contribution in [0.1, 0.15) is 43.6 Å². The van der Waals surface area contributed by atoms with E-state index in [2.05, 4.69) is 35.1 Å².